The minimum atomic E-state index is -0.658. The van der Waals surface area contributed by atoms with Crippen molar-refractivity contribution in [3.05, 3.63) is 30.3 Å². The minimum absolute atomic E-state index is 0.335. The Kier molecular flexibility index (Phi) is 4.24. The van der Waals surface area contributed by atoms with Gasteiger partial charge in [-0.3, -0.25) is 4.79 Å². The van der Waals surface area contributed by atoms with Crippen molar-refractivity contribution >= 4 is 11.7 Å². The van der Waals surface area contributed by atoms with Crippen molar-refractivity contribution in [2.75, 3.05) is 11.9 Å². The van der Waals surface area contributed by atoms with Crippen LogP contribution in [-0.2, 0) is 4.79 Å². The maximum Gasteiger partial charge on any atom is 0.303 e. The summed E-state index contributed by atoms with van der Waals surface area (Å²) in [6, 6.07) is 11.0. The highest BCUT2D eigenvalue weighted by molar-refractivity contribution is 5.67. The van der Waals surface area contributed by atoms with Gasteiger partial charge in [-0.2, -0.15) is 0 Å². The summed E-state index contributed by atoms with van der Waals surface area (Å²) in [5, 5.41) is 8.81. The average molecular weight is 247 g/mol. The van der Waals surface area contributed by atoms with Crippen LogP contribution in [-0.4, -0.2) is 24.2 Å². The molecule has 3 nitrogen and oxygen atoms in total. The SMILES string of the molecule is CN(c1ccccc1)C1CCC(CC(=O)O)CC1. The van der Waals surface area contributed by atoms with E-state index in [0.717, 1.165) is 25.7 Å². The molecule has 1 saturated carbocycles. The van der Waals surface area contributed by atoms with Gasteiger partial charge in [-0.25, -0.2) is 0 Å². The Morgan fingerprint density at radius 2 is 1.83 bits per heavy atom. The summed E-state index contributed by atoms with van der Waals surface area (Å²) in [5.41, 5.74) is 1.25. The molecule has 1 aromatic rings. The second-order valence-electron chi connectivity index (χ2n) is 5.22. The van der Waals surface area contributed by atoms with Gasteiger partial charge in [-0.1, -0.05) is 18.2 Å². The summed E-state index contributed by atoms with van der Waals surface area (Å²) in [7, 11) is 2.14. The van der Waals surface area contributed by atoms with Gasteiger partial charge in [-0.05, 0) is 43.7 Å². The molecule has 1 N–H and O–H groups in total. The number of carboxylic acid groups (broad SMARTS) is 1. The van der Waals surface area contributed by atoms with Gasteiger partial charge in [-0.15, -0.1) is 0 Å². The summed E-state index contributed by atoms with van der Waals surface area (Å²) in [5.74, 6) is -0.280. The molecule has 0 atom stereocenters. The van der Waals surface area contributed by atoms with Gasteiger partial charge in [0.1, 0.15) is 0 Å². The molecule has 1 aromatic carbocycles. The van der Waals surface area contributed by atoms with E-state index in [9.17, 15) is 4.79 Å². The fourth-order valence-electron chi connectivity index (χ4n) is 2.86. The van der Waals surface area contributed by atoms with Gasteiger partial charge in [0.2, 0.25) is 0 Å². The van der Waals surface area contributed by atoms with Crippen LogP contribution in [0.3, 0.4) is 0 Å². The normalized spacial score (nSPS) is 23.6. The van der Waals surface area contributed by atoms with E-state index in [-0.39, 0.29) is 0 Å². The maximum atomic E-state index is 10.7. The third-order valence-corrected chi connectivity index (χ3v) is 3.99. The molecular formula is C15H21NO2. The highest BCUT2D eigenvalue weighted by Gasteiger charge is 2.25. The quantitative estimate of drug-likeness (QED) is 0.888. The van der Waals surface area contributed by atoms with Crippen LogP contribution in [0.2, 0.25) is 0 Å². The molecule has 1 aliphatic carbocycles. The molecule has 0 saturated heterocycles. The number of aliphatic carboxylic acids is 1. The van der Waals surface area contributed by atoms with E-state index >= 15 is 0 Å². The van der Waals surface area contributed by atoms with Crippen LogP contribution >= 0.6 is 0 Å². The molecule has 0 heterocycles. The van der Waals surface area contributed by atoms with Crippen LogP contribution < -0.4 is 4.90 Å². The fourth-order valence-corrected chi connectivity index (χ4v) is 2.86. The third-order valence-electron chi connectivity index (χ3n) is 3.99. The number of rotatable bonds is 4. The lowest BCUT2D eigenvalue weighted by Crippen LogP contribution is -2.35. The van der Waals surface area contributed by atoms with E-state index in [2.05, 4.69) is 36.2 Å². The number of hydrogen-bond donors (Lipinski definition) is 1. The molecule has 0 aromatic heterocycles. The molecule has 0 spiro atoms. The molecular weight excluding hydrogens is 226 g/mol. The number of benzene rings is 1. The first kappa shape index (κ1) is 12.9. The Morgan fingerprint density at radius 1 is 1.22 bits per heavy atom. The molecule has 98 valence electrons. The predicted molar refractivity (Wildman–Crippen MR) is 72.8 cm³/mol. The lowest BCUT2D eigenvalue weighted by atomic mass is 9.83. The summed E-state index contributed by atoms with van der Waals surface area (Å²) >= 11 is 0. The Balaban J connectivity index is 1.88. The van der Waals surface area contributed by atoms with Crippen molar-refractivity contribution in [2.45, 2.75) is 38.1 Å². The van der Waals surface area contributed by atoms with Gasteiger partial charge in [0.05, 0.1) is 0 Å². The largest absolute Gasteiger partial charge is 0.481 e. The van der Waals surface area contributed by atoms with E-state index in [1.807, 2.05) is 6.07 Å². The standard InChI is InChI=1S/C15H21NO2/c1-16(13-5-3-2-4-6-13)14-9-7-12(8-10-14)11-15(17)18/h2-6,12,14H,7-11H2,1H3,(H,17,18). The molecule has 1 fully saturated rings. The zero-order chi connectivity index (χ0) is 13.0. The molecule has 18 heavy (non-hydrogen) atoms. The van der Waals surface area contributed by atoms with Crippen LogP contribution in [0.1, 0.15) is 32.1 Å². The molecule has 1 aliphatic rings. The lowest BCUT2D eigenvalue weighted by Gasteiger charge is -2.35. The highest BCUT2D eigenvalue weighted by Crippen LogP contribution is 2.31. The monoisotopic (exact) mass is 247 g/mol. The highest BCUT2D eigenvalue weighted by atomic mass is 16.4. The van der Waals surface area contributed by atoms with Crippen molar-refractivity contribution in [3.63, 3.8) is 0 Å². The first-order valence-electron chi connectivity index (χ1n) is 6.66. The maximum absolute atomic E-state index is 10.7. The van der Waals surface area contributed by atoms with Gasteiger partial charge >= 0.3 is 5.97 Å². The number of carbonyl (C=O) groups is 1. The van der Waals surface area contributed by atoms with Crippen molar-refractivity contribution < 1.29 is 9.90 Å². The second kappa shape index (κ2) is 5.89. The summed E-state index contributed by atoms with van der Waals surface area (Å²) in [6.45, 7) is 0. The van der Waals surface area contributed by atoms with Crippen molar-refractivity contribution in [2.24, 2.45) is 5.92 Å². The van der Waals surface area contributed by atoms with E-state index in [0.29, 0.717) is 18.4 Å². The zero-order valence-electron chi connectivity index (χ0n) is 10.9. The van der Waals surface area contributed by atoms with Crippen molar-refractivity contribution in [1.29, 1.82) is 0 Å². The molecule has 0 bridgehead atoms. The van der Waals surface area contributed by atoms with E-state index in [1.165, 1.54) is 5.69 Å². The van der Waals surface area contributed by atoms with E-state index < -0.39 is 5.97 Å². The number of carboxylic acids is 1. The van der Waals surface area contributed by atoms with Crippen molar-refractivity contribution in [3.8, 4) is 0 Å². The smallest absolute Gasteiger partial charge is 0.303 e. The fraction of sp³-hybridized carbons (Fsp3) is 0.533. The summed E-state index contributed by atoms with van der Waals surface area (Å²) < 4.78 is 0. The molecule has 3 heteroatoms. The number of para-hydroxylation sites is 1. The Morgan fingerprint density at radius 3 is 2.39 bits per heavy atom. The number of nitrogens with zero attached hydrogens (tertiary/aromatic N) is 1. The molecule has 0 amide bonds. The number of hydrogen-bond acceptors (Lipinski definition) is 2. The van der Waals surface area contributed by atoms with Gasteiger partial charge < -0.3 is 10.0 Å². The van der Waals surface area contributed by atoms with Crippen LogP contribution in [0.4, 0.5) is 5.69 Å². The Labute approximate surface area is 108 Å². The van der Waals surface area contributed by atoms with E-state index in [1.54, 1.807) is 0 Å². The van der Waals surface area contributed by atoms with Crippen LogP contribution in [0.15, 0.2) is 30.3 Å². The lowest BCUT2D eigenvalue weighted by molar-refractivity contribution is -0.138. The van der Waals surface area contributed by atoms with Crippen molar-refractivity contribution in [1.82, 2.24) is 0 Å². The van der Waals surface area contributed by atoms with Crippen LogP contribution in [0, 0.1) is 5.92 Å². The van der Waals surface area contributed by atoms with Crippen LogP contribution in [0.25, 0.3) is 0 Å². The molecule has 0 unspecified atom stereocenters. The Bertz CT molecular complexity index is 383. The second-order valence-corrected chi connectivity index (χ2v) is 5.22. The first-order valence-corrected chi connectivity index (χ1v) is 6.66. The Hall–Kier alpha value is -1.51. The molecule has 2 rings (SSSR count). The van der Waals surface area contributed by atoms with Gasteiger partial charge in [0.25, 0.3) is 0 Å². The first-order chi connectivity index (χ1) is 8.66. The topological polar surface area (TPSA) is 40.5 Å². The third kappa shape index (κ3) is 3.25. The van der Waals surface area contributed by atoms with E-state index in [4.69, 9.17) is 5.11 Å². The van der Waals surface area contributed by atoms with Crippen LogP contribution in [0.5, 0.6) is 0 Å². The number of anilines is 1. The summed E-state index contributed by atoms with van der Waals surface area (Å²) in [6.07, 6.45) is 4.61. The van der Waals surface area contributed by atoms with Gasteiger partial charge in [0.15, 0.2) is 0 Å². The molecule has 0 aliphatic heterocycles. The van der Waals surface area contributed by atoms with Gasteiger partial charge in [0, 0.05) is 25.2 Å². The summed E-state index contributed by atoms with van der Waals surface area (Å²) in [4.78, 5) is 13.0. The zero-order valence-corrected chi connectivity index (χ0v) is 10.9. The molecule has 0 radical (unpaired) electrons. The average Bonchev–Trinajstić information content (AvgIpc) is 2.39. The predicted octanol–water partition coefficient (Wildman–Crippen LogP) is 3.16. The minimum Gasteiger partial charge on any atom is -0.481 e.